The molecular weight excluding hydrogens is 368 g/mol. The standard InChI is InChI=1S/C12H13ClINO3/c1-12(2,6-10(16)17)15-11(18)7-3-4-9(14)8(13)5-7/h3-5H,6H2,1-2H3,(H,15,18)(H,16,17). The summed E-state index contributed by atoms with van der Waals surface area (Å²) in [7, 11) is 0. The van der Waals surface area contributed by atoms with Crippen LogP contribution in [-0.2, 0) is 4.79 Å². The van der Waals surface area contributed by atoms with Crippen molar-refractivity contribution in [1.82, 2.24) is 5.32 Å². The Balaban J connectivity index is 2.82. The molecule has 0 saturated heterocycles. The molecule has 1 aromatic rings. The van der Waals surface area contributed by atoms with Gasteiger partial charge in [-0.3, -0.25) is 9.59 Å². The number of carboxylic acids is 1. The van der Waals surface area contributed by atoms with Crippen molar-refractivity contribution in [3.05, 3.63) is 32.4 Å². The van der Waals surface area contributed by atoms with Gasteiger partial charge in [-0.25, -0.2) is 0 Å². The van der Waals surface area contributed by atoms with Gasteiger partial charge in [0.1, 0.15) is 0 Å². The zero-order valence-electron chi connectivity index (χ0n) is 9.96. The first-order valence-corrected chi connectivity index (χ1v) is 6.66. The monoisotopic (exact) mass is 381 g/mol. The molecule has 0 unspecified atom stereocenters. The minimum Gasteiger partial charge on any atom is -0.481 e. The molecule has 0 aliphatic heterocycles. The van der Waals surface area contributed by atoms with E-state index in [-0.39, 0.29) is 12.3 Å². The molecule has 4 nitrogen and oxygen atoms in total. The first kappa shape index (κ1) is 15.2. The predicted molar refractivity (Wildman–Crippen MR) is 78.0 cm³/mol. The number of rotatable bonds is 4. The van der Waals surface area contributed by atoms with Gasteiger partial charge < -0.3 is 10.4 Å². The molecule has 0 heterocycles. The smallest absolute Gasteiger partial charge is 0.305 e. The fourth-order valence-electron chi connectivity index (χ4n) is 1.44. The van der Waals surface area contributed by atoms with E-state index in [4.69, 9.17) is 16.7 Å². The molecule has 0 radical (unpaired) electrons. The van der Waals surface area contributed by atoms with Gasteiger partial charge in [-0.2, -0.15) is 0 Å². The fraction of sp³-hybridized carbons (Fsp3) is 0.333. The summed E-state index contributed by atoms with van der Waals surface area (Å²) in [5.74, 6) is -1.29. The third kappa shape index (κ3) is 4.45. The number of carbonyl (C=O) groups is 2. The molecule has 0 aliphatic carbocycles. The Labute approximate surface area is 124 Å². The summed E-state index contributed by atoms with van der Waals surface area (Å²) < 4.78 is 0.857. The maximum absolute atomic E-state index is 11.9. The van der Waals surface area contributed by atoms with Gasteiger partial charge in [-0.15, -0.1) is 0 Å². The quantitative estimate of drug-likeness (QED) is 0.788. The number of halogens is 2. The van der Waals surface area contributed by atoms with Crippen molar-refractivity contribution in [2.75, 3.05) is 0 Å². The minimum absolute atomic E-state index is 0.142. The molecule has 0 aromatic heterocycles. The van der Waals surface area contributed by atoms with Crippen molar-refractivity contribution in [3.8, 4) is 0 Å². The molecule has 98 valence electrons. The lowest BCUT2D eigenvalue weighted by Crippen LogP contribution is -2.44. The lowest BCUT2D eigenvalue weighted by atomic mass is 10.00. The SMILES string of the molecule is CC(C)(CC(=O)O)NC(=O)c1ccc(I)c(Cl)c1. The summed E-state index contributed by atoms with van der Waals surface area (Å²) in [6, 6.07) is 4.96. The van der Waals surface area contributed by atoms with Crippen molar-refractivity contribution < 1.29 is 14.7 Å². The van der Waals surface area contributed by atoms with E-state index in [1.165, 1.54) is 0 Å². The predicted octanol–water partition coefficient (Wildman–Crippen LogP) is 2.93. The summed E-state index contributed by atoms with van der Waals surface area (Å²) in [5, 5.41) is 11.9. The molecule has 1 amide bonds. The highest BCUT2D eigenvalue weighted by atomic mass is 127. The average Bonchev–Trinajstić information content (AvgIpc) is 2.19. The summed E-state index contributed by atoms with van der Waals surface area (Å²) in [6.07, 6.45) is -0.142. The van der Waals surface area contributed by atoms with Crippen LogP contribution in [-0.4, -0.2) is 22.5 Å². The highest BCUT2D eigenvalue weighted by molar-refractivity contribution is 14.1. The number of carboxylic acid groups (broad SMARTS) is 1. The van der Waals surface area contributed by atoms with Crippen LogP contribution < -0.4 is 5.32 Å². The lowest BCUT2D eigenvalue weighted by Gasteiger charge is -2.24. The summed E-state index contributed by atoms with van der Waals surface area (Å²) in [4.78, 5) is 22.6. The van der Waals surface area contributed by atoms with Gasteiger partial charge in [0.25, 0.3) is 5.91 Å². The zero-order valence-corrected chi connectivity index (χ0v) is 12.9. The van der Waals surface area contributed by atoms with Gasteiger partial charge in [0, 0.05) is 14.7 Å². The van der Waals surface area contributed by atoms with Gasteiger partial charge >= 0.3 is 5.97 Å². The molecule has 2 N–H and O–H groups in total. The van der Waals surface area contributed by atoms with Crippen LogP contribution in [0.2, 0.25) is 5.02 Å². The van der Waals surface area contributed by atoms with E-state index in [1.807, 2.05) is 0 Å². The van der Waals surface area contributed by atoms with Crippen molar-refractivity contribution in [3.63, 3.8) is 0 Å². The van der Waals surface area contributed by atoms with E-state index in [9.17, 15) is 9.59 Å². The number of hydrogen-bond donors (Lipinski definition) is 2. The highest BCUT2D eigenvalue weighted by Crippen LogP contribution is 2.20. The number of aliphatic carboxylic acids is 1. The maximum Gasteiger partial charge on any atom is 0.305 e. The maximum atomic E-state index is 11.9. The molecule has 0 atom stereocenters. The topological polar surface area (TPSA) is 66.4 Å². The molecule has 1 rings (SSSR count). The normalized spacial score (nSPS) is 11.1. The third-order valence-corrected chi connectivity index (χ3v) is 3.80. The van der Waals surface area contributed by atoms with Gasteiger partial charge in [-0.1, -0.05) is 11.6 Å². The van der Waals surface area contributed by atoms with E-state index >= 15 is 0 Å². The molecule has 6 heteroatoms. The second-order valence-electron chi connectivity index (χ2n) is 4.54. The number of hydrogen-bond acceptors (Lipinski definition) is 2. The van der Waals surface area contributed by atoms with Crippen LogP contribution in [0.15, 0.2) is 18.2 Å². The number of amides is 1. The first-order chi connectivity index (χ1) is 8.21. The van der Waals surface area contributed by atoms with Crippen LogP contribution in [0.1, 0.15) is 30.6 Å². The van der Waals surface area contributed by atoms with Crippen molar-refractivity contribution in [1.29, 1.82) is 0 Å². The Bertz CT molecular complexity index is 488. The molecule has 0 bridgehead atoms. The van der Waals surface area contributed by atoms with Crippen LogP contribution >= 0.6 is 34.2 Å². The average molecular weight is 382 g/mol. The second-order valence-corrected chi connectivity index (χ2v) is 6.11. The molecule has 1 aromatic carbocycles. The van der Waals surface area contributed by atoms with Gasteiger partial charge in [0.2, 0.25) is 0 Å². The molecule has 18 heavy (non-hydrogen) atoms. The van der Waals surface area contributed by atoms with Crippen molar-refractivity contribution in [2.24, 2.45) is 0 Å². The van der Waals surface area contributed by atoms with E-state index in [1.54, 1.807) is 32.0 Å². The van der Waals surface area contributed by atoms with Crippen molar-refractivity contribution in [2.45, 2.75) is 25.8 Å². The summed E-state index contributed by atoms with van der Waals surface area (Å²) in [5.41, 5.74) is -0.392. The lowest BCUT2D eigenvalue weighted by molar-refractivity contribution is -0.138. The van der Waals surface area contributed by atoms with E-state index < -0.39 is 11.5 Å². The van der Waals surface area contributed by atoms with Crippen LogP contribution in [0, 0.1) is 3.57 Å². The van der Waals surface area contributed by atoms with Crippen LogP contribution in [0.4, 0.5) is 0 Å². The van der Waals surface area contributed by atoms with E-state index in [2.05, 4.69) is 27.9 Å². The number of nitrogens with one attached hydrogen (secondary N) is 1. The third-order valence-electron chi connectivity index (χ3n) is 2.23. The first-order valence-electron chi connectivity index (χ1n) is 5.20. The van der Waals surface area contributed by atoms with Crippen molar-refractivity contribution >= 4 is 46.1 Å². The van der Waals surface area contributed by atoms with E-state index in [0.29, 0.717) is 10.6 Å². The largest absolute Gasteiger partial charge is 0.481 e. The summed E-state index contributed by atoms with van der Waals surface area (Å²) in [6.45, 7) is 3.32. The minimum atomic E-state index is -0.957. The second kappa shape index (κ2) is 5.88. The molecule has 0 fully saturated rings. The van der Waals surface area contributed by atoms with E-state index in [0.717, 1.165) is 3.57 Å². The zero-order chi connectivity index (χ0) is 13.9. The Morgan fingerprint density at radius 2 is 2.06 bits per heavy atom. The Kier molecular flexibility index (Phi) is 4.98. The van der Waals surface area contributed by atoms with Crippen LogP contribution in [0.25, 0.3) is 0 Å². The summed E-state index contributed by atoms with van der Waals surface area (Å²) >= 11 is 8.00. The van der Waals surface area contributed by atoms with Gasteiger partial charge in [0.15, 0.2) is 0 Å². The molecule has 0 aliphatic rings. The van der Waals surface area contributed by atoms with Gasteiger partial charge in [0.05, 0.1) is 11.4 Å². The van der Waals surface area contributed by atoms with Crippen LogP contribution in [0.5, 0.6) is 0 Å². The highest BCUT2D eigenvalue weighted by Gasteiger charge is 2.24. The Morgan fingerprint density at radius 1 is 1.44 bits per heavy atom. The Hall–Kier alpha value is -0.820. The number of benzene rings is 1. The number of carbonyl (C=O) groups excluding carboxylic acids is 1. The van der Waals surface area contributed by atoms with Crippen LogP contribution in [0.3, 0.4) is 0 Å². The Morgan fingerprint density at radius 3 is 2.56 bits per heavy atom. The van der Waals surface area contributed by atoms with Gasteiger partial charge in [-0.05, 0) is 54.6 Å². The molecule has 0 spiro atoms. The fourth-order valence-corrected chi connectivity index (χ4v) is 1.96. The molecular formula is C12H13ClINO3. The molecule has 0 saturated carbocycles.